The predicted octanol–water partition coefficient (Wildman–Crippen LogP) is 2.39. The fraction of sp³-hybridized carbons (Fsp3) is 0.429. The molecule has 5 rings (SSSR count). The zero-order valence-electron chi connectivity index (χ0n) is 21.5. The lowest BCUT2D eigenvalue weighted by atomic mass is 10.00. The lowest BCUT2D eigenvalue weighted by Gasteiger charge is -2.35. The third-order valence-corrected chi connectivity index (χ3v) is 7.33. The minimum absolute atomic E-state index is 0.0595. The topological polar surface area (TPSA) is 112 Å². The normalized spacial score (nSPS) is 16.6. The van der Waals surface area contributed by atoms with Gasteiger partial charge in [-0.25, -0.2) is 4.79 Å². The number of likely N-dealkylation sites (tertiary alicyclic amines) is 1. The van der Waals surface area contributed by atoms with E-state index in [-0.39, 0.29) is 50.7 Å². The van der Waals surface area contributed by atoms with Crippen molar-refractivity contribution in [2.45, 2.75) is 64.7 Å². The van der Waals surface area contributed by atoms with Crippen molar-refractivity contribution in [3.05, 3.63) is 68.9 Å². The summed E-state index contributed by atoms with van der Waals surface area (Å²) in [5, 5.41) is 3.16. The average Bonchev–Trinajstić information content (AvgIpc) is 3.42. The van der Waals surface area contributed by atoms with Crippen LogP contribution in [0.3, 0.4) is 0 Å². The number of carbonyl (C=O) groups is 2. The number of para-hydroxylation sites is 1. The van der Waals surface area contributed by atoms with Crippen LogP contribution in [0, 0.1) is 0 Å². The Bertz CT molecular complexity index is 1480. The Morgan fingerprint density at radius 2 is 1.84 bits per heavy atom. The van der Waals surface area contributed by atoms with Gasteiger partial charge in [-0.3, -0.25) is 23.5 Å². The molecule has 2 aliphatic heterocycles. The SMILES string of the molecule is CC[C@H]1CCCCN1C(=O)Cn1c(=O)n(CCC(=O)NCc2ccc3c(c2)OCO3)c(=O)c2ccccc21. The summed E-state index contributed by atoms with van der Waals surface area (Å²) in [6.45, 7) is 2.95. The molecule has 1 fully saturated rings. The molecule has 0 unspecified atom stereocenters. The van der Waals surface area contributed by atoms with Crippen LogP contribution in [-0.2, 0) is 29.2 Å². The Morgan fingerprint density at radius 1 is 1.03 bits per heavy atom. The molecule has 0 radical (unpaired) electrons. The number of nitrogens with one attached hydrogen (secondary N) is 1. The number of hydrogen-bond acceptors (Lipinski definition) is 6. The first-order valence-electron chi connectivity index (χ1n) is 13.1. The molecule has 2 amide bonds. The van der Waals surface area contributed by atoms with Crippen molar-refractivity contribution in [3.8, 4) is 11.5 Å². The van der Waals surface area contributed by atoms with Gasteiger partial charge >= 0.3 is 5.69 Å². The van der Waals surface area contributed by atoms with Gasteiger partial charge in [0.05, 0.1) is 10.9 Å². The number of benzene rings is 2. The third-order valence-electron chi connectivity index (χ3n) is 7.33. The highest BCUT2D eigenvalue weighted by Crippen LogP contribution is 2.32. The zero-order valence-corrected chi connectivity index (χ0v) is 21.5. The number of carbonyl (C=O) groups excluding carboxylic acids is 2. The van der Waals surface area contributed by atoms with Crippen LogP contribution < -0.4 is 26.0 Å². The molecular formula is C28H32N4O6. The fourth-order valence-electron chi connectivity index (χ4n) is 5.25. The highest BCUT2D eigenvalue weighted by atomic mass is 16.7. The molecule has 0 bridgehead atoms. The number of ether oxygens (including phenoxy) is 2. The number of piperidine rings is 1. The van der Waals surface area contributed by atoms with Gasteiger partial charge in [0.15, 0.2) is 11.5 Å². The van der Waals surface area contributed by atoms with E-state index in [1.807, 2.05) is 11.0 Å². The largest absolute Gasteiger partial charge is 0.454 e. The van der Waals surface area contributed by atoms with Crippen molar-refractivity contribution in [2.24, 2.45) is 0 Å². The maximum atomic E-state index is 13.5. The van der Waals surface area contributed by atoms with Crippen LogP contribution in [0.15, 0.2) is 52.1 Å². The molecule has 10 heteroatoms. The molecule has 1 atom stereocenters. The van der Waals surface area contributed by atoms with Crippen molar-refractivity contribution >= 4 is 22.7 Å². The van der Waals surface area contributed by atoms with E-state index in [1.54, 1.807) is 36.4 Å². The molecular weight excluding hydrogens is 488 g/mol. The van der Waals surface area contributed by atoms with Gasteiger partial charge in [0.1, 0.15) is 6.54 Å². The number of rotatable bonds is 8. The molecule has 3 aromatic rings. The Kier molecular flexibility index (Phi) is 7.48. The number of amides is 2. The molecule has 0 aliphatic carbocycles. The lowest BCUT2D eigenvalue weighted by molar-refractivity contribution is -0.135. The standard InChI is InChI=1S/C28H32N4O6/c1-2-20-7-5-6-13-30(20)26(34)17-32-22-9-4-3-8-21(22)27(35)31(28(32)36)14-12-25(33)29-16-19-10-11-23-24(15-19)38-18-37-23/h3-4,8-11,15,20H,2,5-7,12-14,16-18H2,1H3,(H,29,33)/t20-/m0/s1. The molecule has 2 aromatic carbocycles. The van der Waals surface area contributed by atoms with Crippen LogP contribution in [0.1, 0.15) is 44.6 Å². The molecule has 10 nitrogen and oxygen atoms in total. The van der Waals surface area contributed by atoms with Gasteiger partial charge in [-0.15, -0.1) is 0 Å². The van der Waals surface area contributed by atoms with Gasteiger partial charge in [0.2, 0.25) is 18.6 Å². The van der Waals surface area contributed by atoms with Gasteiger partial charge in [-0.1, -0.05) is 25.1 Å². The monoisotopic (exact) mass is 520 g/mol. The summed E-state index contributed by atoms with van der Waals surface area (Å²) >= 11 is 0. The summed E-state index contributed by atoms with van der Waals surface area (Å²) in [5.41, 5.74) is 0.205. The van der Waals surface area contributed by atoms with E-state index in [0.29, 0.717) is 28.9 Å². The molecule has 2 aliphatic rings. The third kappa shape index (κ3) is 5.16. The molecule has 200 valence electrons. The molecule has 1 saturated heterocycles. The summed E-state index contributed by atoms with van der Waals surface area (Å²) in [7, 11) is 0. The van der Waals surface area contributed by atoms with Gasteiger partial charge in [-0.05, 0) is 55.5 Å². The second kappa shape index (κ2) is 11.1. The Balaban J connectivity index is 1.33. The van der Waals surface area contributed by atoms with Crippen molar-refractivity contribution in [1.29, 1.82) is 0 Å². The van der Waals surface area contributed by atoms with Crippen molar-refractivity contribution < 1.29 is 19.1 Å². The van der Waals surface area contributed by atoms with Crippen LogP contribution >= 0.6 is 0 Å². The summed E-state index contributed by atoms with van der Waals surface area (Å²) < 4.78 is 13.1. The maximum Gasteiger partial charge on any atom is 0.331 e. The summed E-state index contributed by atoms with van der Waals surface area (Å²) in [5.74, 6) is 0.861. The first-order valence-corrected chi connectivity index (χ1v) is 13.1. The van der Waals surface area contributed by atoms with E-state index >= 15 is 0 Å². The minimum atomic E-state index is -0.587. The molecule has 3 heterocycles. The zero-order chi connectivity index (χ0) is 26.6. The Hall–Kier alpha value is -4.08. The first kappa shape index (κ1) is 25.6. The number of fused-ring (bicyclic) bond motifs is 2. The van der Waals surface area contributed by atoms with Crippen LogP contribution in [0.2, 0.25) is 0 Å². The van der Waals surface area contributed by atoms with Crippen LogP contribution in [0.25, 0.3) is 10.9 Å². The Labute approximate surface area is 219 Å². The lowest BCUT2D eigenvalue weighted by Crippen LogP contribution is -2.48. The van der Waals surface area contributed by atoms with Crippen molar-refractivity contribution in [3.63, 3.8) is 0 Å². The molecule has 1 aromatic heterocycles. The summed E-state index contributed by atoms with van der Waals surface area (Å²) in [4.78, 5) is 54.4. The van der Waals surface area contributed by atoms with Gasteiger partial charge < -0.3 is 19.7 Å². The maximum absolute atomic E-state index is 13.5. The average molecular weight is 521 g/mol. The minimum Gasteiger partial charge on any atom is -0.454 e. The number of aromatic nitrogens is 2. The number of hydrogen-bond donors (Lipinski definition) is 1. The summed E-state index contributed by atoms with van der Waals surface area (Å²) in [6.07, 6.45) is 3.79. The van der Waals surface area contributed by atoms with E-state index in [1.165, 1.54) is 4.57 Å². The molecule has 0 spiro atoms. The van der Waals surface area contributed by atoms with Crippen molar-refractivity contribution in [2.75, 3.05) is 13.3 Å². The van der Waals surface area contributed by atoms with E-state index in [2.05, 4.69) is 12.2 Å². The molecule has 38 heavy (non-hydrogen) atoms. The van der Waals surface area contributed by atoms with E-state index < -0.39 is 11.2 Å². The summed E-state index contributed by atoms with van der Waals surface area (Å²) in [6, 6.07) is 12.4. The van der Waals surface area contributed by atoms with E-state index in [4.69, 9.17) is 9.47 Å². The van der Waals surface area contributed by atoms with Gasteiger partial charge in [-0.2, -0.15) is 0 Å². The molecule has 1 N–H and O–H groups in total. The highest BCUT2D eigenvalue weighted by molar-refractivity contribution is 5.82. The second-order valence-corrected chi connectivity index (χ2v) is 9.70. The highest BCUT2D eigenvalue weighted by Gasteiger charge is 2.26. The Morgan fingerprint density at radius 3 is 2.68 bits per heavy atom. The fourth-order valence-corrected chi connectivity index (χ4v) is 5.25. The smallest absolute Gasteiger partial charge is 0.331 e. The first-order chi connectivity index (χ1) is 18.5. The van der Waals surface area contributed by atoms with E-state index in [0.717, 1.165) is 35.8 Å². The van der Waals surface area contributed by atoms with Crippen LogP contribution in [0.4, 0.5) is 0 Å². The predicted molar refractivity (Wildman–Crippen MR) is 141 cm³/mol. The second-order valence-electron chi connectivity index (χ2n) is 9.70. The van der Waals surface area contributed by atoms with E-state index in [9.17, 15) is 19.2 Å². The quantitative estimate of drug-likeness (QED) is 0.488. The van der Waals surface area contributed by atoms with Gasteiger partial charge in [0.25, 0.3) is 5.56 Å². The van der Waals surface area contributed by atoms with Crippen LogP contribution in [-0.4, -0.2) is 45.2 Å². The van der Waals surface area contributed by atoms with Gasteiger partial charge in [0, 0.05) is 32.1 Å². The number of nitrogens with zero attached hydrogens (tertiary/aromatic N) is 3. The van der Waals surface area contributed by atoms with Crippen LogP contribution in [0.5, 0.6) is 11.5 Å². The molecule has 0 saturated carbocycles. The van der Waals surface area contributed by atoms with Crippen molar-refractivity contribution in [1.82, 2.24) is 19.4 Å².